The lowest BCUT2D eigenvalue weighted by molar-refractivity contribution is -0.137. The minimum absolute atomic E-state index is 0.0539. The molecule has 0 saturated carbocycles. The molecule has 1 rings (SSSR count). The van der Waals surface area contributed by atoms with Gasteiger partial charge >= 0.3 is 12.0 Å². The lowest BCUT2D eigenvalue weighted by atomic mass is 9.87. The van der Waals surface area contributed by atoms with E-state index in [0.29, 0.717) is 13.0 Å². The van der Waals surface area contributed by atoms with Gasteiger partial charge in [0.05, 0.1) is 24.2 Å². The first-order chi connectivity index (χ1) is 9.67. The molecule has 0 radical (unpaired) electrons. The largest absolute Gasteiger partial charge is 0.481 e. The maximum atomic E-state index is 11.9. The van der Waals surface area contributed by atoms with E-state index in [-0.39, 0.29) is 23.9 Å². The molecule has 1 aromatic rings. The molecule has 2 amide bonds. The average Bonchev–Trinajstić information content (AvgIpc) is 2.69. The van der Waals surface area contributed by atoms with Gasteiger partial charge < -0.3 is 15.7 Å². The van der Waals surface area contributed by atoms with Crippen LogP contribution in [0.5, 0.6) is 0 Å². The number of aliphatic carboxylic acids is 1. The van der Waals surface area contributed by atoms with Gasteiger partial charge in [-0.05, 0) is 18.8 Å². The second-order valence-electron chi connectivity index (χ2n) is 6.25. The Labute approximate surface area is 129 Å². The van der Waals surface area contributed by atoms with Crippen molar-refractivity contribution in [2.75, 3.05) is 0 Å². The van der Waals surface area contributed by atoms with Crippen LogP contribution in [0.25, 0.3) is 0 Å². The lowest BCUT2D eigenvalue weighted by Gasteiger charge is -2.25. The van der Waals surface area contributed by atoms with Gasteiger partial charge in [-0.1, -0.05) is 20.8 Å². The van der Waals surface area contributed by atoms with Crippen LogP contribution in [-0.2, 0) is 11.3 Å². The number of nitrogens with one attached hydrogen (secondary N) is 2. The van der Waals surface area contributed by atoms with Gasteiger partial charge in [0.25, 0.3) is 0 Å². The SMILES string of the molecule is Cc1ncsc1CNC(=O)NC(CC(=O)O)CC(C)(C)C. The molecule has 3 N–H and O–H groups in total. The number of carbonyl (C=O) groups excluding carboxylic acids is 1. The molecule has 0 aliphatic carbocycles. The molecule has 1 atom stereocenters. The fourth-order valence-corrected chi connectivity index (χ4v) is 2.73. The summed E-state index contributed by atoms with van der Waals surface area (Å²) < 4.78 is 0. The summed E-state index contributed by atoms with van der Waals surface area (Å²) >= 11 is 1.48. The minimum Gasteiger partial charge on any atom is -0.481 e. The molecule has 1 heterocycles. The van der Waals surface area contributed by atoms with E-state index in [0.717, 1.165) is 10.6 Å². The van der Waals surface area contributed by atoms with Gasteiger partial charge in [0.2, 0.25) is 0 Å². The molecule has 0 bridgehead atoms. The van der Waals surface area contributed by atoms with Crippen molar-refractivity contribution in [2.24, 2.45) is 5.41 Å². The molecule has 0 fully saturated rings. The molecule has 6 nitrogen and oxygen atoms in total. The van der Waals surface area contributed by atoms with Gasteiger partial charge in [-0.3, -0.25) is 4.79 Å². The number of carbonyl (C=O) groups is 2. The van der Waals surface area contributed by atoms with Gasteiger partial charge in [0.1, 0.15) is 0 Å². The third-order valence-corrected chi connectivity index (χ3v) is 3.80. The van der Waals surface area contributed by atoms with Gasteiger partial charge in [-0.15, -0.1) is 11.3 Å². The summed E-state index contributed by atoms with van der Waals surface area (Å²) in [5, 5.41) is 14.4. The third kappa shape index (κ3) is 7.08. The third-order valence-electron chi connectivity index (χ3n) is 2.87. The normalized spacial score (nSPS) is 12.8. The quantitative estimate of drug-likeness (QED) is 0.752. The van der Waals surface area contributed by atoms with Crippen molar-refractivity contribution in [1.29, 1.82) is 0 Å². The summed E-state index contributed by atoms with van der Waals surface area (Å²) in [5.74, 6) is -0.914. The highest BCUT2D eigenvalue weighted by Gasteiger charge is 2.22. The number of urea groups is 1. The Bertz CT molecular complexity index is 494. The highest BCUT2D eigenvalue weighted by atomic mass is 32.1. The highest BCUT2D eigenvalue weighted by Crippen LogP contribution is 2.22. The predicted octanol–water partition coefficient (Wildman–Crippen LogP) is 2.53. The number of aromatic nitrogens is 1. The second-order valence-corrected chi connectivity index (χ2v) is 7.19. The summed E-state index contributed by atoms with van der Waals surface area (Å²) in [5.41, 5.74) is 2.58. The van der Waals surface area contributed by atoms with E-state index in [9.17, 15) is 9.59 Å². The van der Waals surface area contributed by atoms with Crippen molar-refractivity contribution in [2.45, 2.75) is 53.1 Å². The topological polar surface area (TPSA) is 91.3 Å². The number of nitrogens with zero attached hydrogens (tertiary/aromatic N) is 1. The van der Waals surface area contributed by atoms with Crippen LogP contribution in [0.3, 0.4) is 0 Å². The monoisotopic (exact) mass is 313 g/mol. The number of amides is 2. The summed E-state index contributed by atoms with van der Waals surface area (Å²) in [6.07, 6.45) is 0.524. The molecule has 21 heavy (non-hydrogen) atoms. The van der Waals surface area contributed by atoms with Crippen LogP contribution in [0, 0.1) is 12.3 Å². The van der Waals surface area contributed by atoms with Gasteiger partial charge in [-0.25, -0.2) is 9.78 Å². The molecule has 0 aliphatic rings. The number of thiazole rings is 1. The first-order valence-corrected chi connectivity index (χ1v) is 7.70. The van der Waals surface area contributed by atoms with E-state index in [1.54, 1.807) is 5.51 Å². The van der Waals surface area contributed by atoms with Crippen molar-refractivity contribution >= 4 is 23.3 Å². The summed E-state index contributed by atoms with van der Waals surface area (Å²) in [6, 6.07) is -0.733. The Morgan fingerprint density at radius 1 is 1.43 bits per heavy atom. The zero-order valence-electron chi connectivity index (χ0n) is 12.9. The molecule has 1 unspecified atom stereocenters. The fraction of sp³-hybridized carbons (Fsp3) is 0.643. The minimum atomic E-state index is -0.914. The summed E-state index contributed by atoms with van der Waals surface area (Å²) in [7, 11) is 0. The van der Waals surface area contributed by atoms with E-state index >= 15 is 0 Å². The number of aryl methyl sites for hydroxylation is 1. The molecular weight excluding hydrogens is 290 g/mol. The standard InChI is InChI=1S/C14H23N3O3S/c1-9-11(21-8-16-9)7-15-13(20)17-10(5-12(18)19)6-14(2,3)4/h8,10H,5-7H2,1-4H3,(H,18,19)(H2,15,17,20). The number of hydrogen-bond acceptors (Lipinski definition) is 4. The van der Waals surface area contributed by atoms with Crippen molar-refractivity contribution < 1.29 is 14.7 Å². The lowest BCUT2D eigenvalue weighted by Crippen LogP contribution is -2.44. The van der Waals surface area contributed by atoms with E-state index in [1.807, 2.05) is 27.7 Å². The first-order valence-electron chi connectivity index (χ1n) is 6.82. The van der Waals surface area contributed by atoms with Crippen LogP contribution < -0.4 is 10.6 Å². The first kappa shape index (κ1) is 17.4. The van der Waals surface area contributed by atoms with Crippen molar-refractivity contribution in [3.05, 3.63) is 16.1 Å². The number of carboxylic acid groups (broad SMARTS) is 1. The summed E-state index contributed by atoms with van der Waals surface area (Å²) in [4.78, 5) is 27.9. The van der Waals surface area contributed by atoms with Crippen molar-refractivity contribution in [1.82, 2.24) is 15.6 Å². The smallest absolute Gasteiger partial charge is 0.315 e. The van der Waals surface area contributed by atoms with E-state index in [1.165, 1.54) is 11.3 Å². The highest BCUT2D eigenvalue weighted by molar-refractivity contribution is 7.09. The Balaban J connectivity index is 2.51. The Morgan fingerprint density at radius 2 is 2.10 bits per heavy atom. The molecule has 0 aliphatic heterocycles. The number of rotatable bonds is 6. The average molecular weight is 313 g/mol. The van der Waals surface area contributed by atoms with Crippen molar-refractivity contribution in [3.8, 4) is 0 Å². The van der Waals surface area contributed by atoms with E-state index in [2.05, 4.69) is 15.6 Å². The maximum absolute atomic E-state index is 11.9. The maximum Gasteiger partial charge on any atom is 0.315 e. The van der Waals surface area contributed by atoms with Gasteiger partial charge in [0, 0.05) is 10.9 Å². The Hall–Kier alpha value is -1.63. The van der Waals surface area contributed by atoms with Gasteiger partial charge in [-0.2, -0.15) is 0 Å². The molecule has 1 aromatic heterocycles. The Morgan fingerprint density at radius 3 is 2.57 bits per heavy atom. The van der Waals surface area contributed by atoms with Gasteiger partial charge in [0.15, 0.2) is 0 Å². The number of hydrogen-bond donors (Lipinski definition) is 3. The molecule has 118 valence electrons. The second kappa shape index (κ2) is 7.40. The number of carboxylic acids is 1. The molecule has 0 saturated heterocycles. The van der Waals surface area contributed by atoms with E-state index < -0.39 is 5.97 Å². The van der Waals surface area contributed by atoms with Crippen LogP contribution in [-0.4, -0.2) is 28.1 Å². The summed E-state index contributed by atoms with van der Waals surface area (Å²) in [6.45, 7) is 8.34. The van der Waals surface area contributed by atoms with Crippen LogP contribution >= 0.6 is 11.3 Å². The van der Waals surface area contributed by atoms with E-state index in [4.69, 9.17) is 5.11 Å². The molecule has 0 spiro atoms. The zero-order valence-corrected chi connectivity index (χ0v) is 13.7. The van der Waals surface area contributed by atoms with Crippen LogP contribution in [0.1, 0.15) is 44.2 Å². The molecule has 0 aromatic carbocycles. The zero-order chi connectivity index (χ0) is 16.0. The van der Waals surface area contributed by atoms with Crippen LogP contribution in [0.2, 0.25) is 0 Å². The molecule has 7 heteroatoms. The predicted molar refractivity (Wildman–Crippen MR) is 82.3 cm³/mol. The molecular formula is C14H23N3O3S. The van der Waals surface area contributed by atoms with Crippen molar-refractivity contribution in [3.63, 3.8) is 0 Å². The van der Waals surface area contributed by atoms with Crippen LogP contribution in [0.15, 0.2) is 5.51 Å². The van der Waals surface area contributed by atoms with Crippen LogP contribution in [0.4, 0.5) is 4.79 Å². The Kier molecular flexibility index (Phi) is 6.14. The fourth-order valence-electron chi connectivity index (χ4n) is 2.02.